The highest BCUT2D eigenvalue weighted by atomic mass is 79.9. The third-order valence-electron chi connectivity index (χ3n) is 0.869. The molecule has 0 radical (unpaired) electrons. The summed E-state index contributed by atoms with van der Waals surface area (Å²) in [6.07, 6.45) is 0.584. The Morgan fingerprint density at radius 1 is 1.60 bits per heavy atom. The number of alkyl halides is 1. The molecule has 0 aromatic carbocycles. The van der Waals surface area contributed by atoms with E-state index in [2.05, 4.69) is 15.9 Å². The van der Waals surface area contributed by atoms with Gasteiger partial charge in [0.1, 0.15) is 0 Å². The first-order valence-electron chi connectivity index (χ1n) is 3.08. The number of hydrogen-bond acceptors (Lipinski definition) is 2. The molecule has 10 heavy (non-hydrogen) atoms. The van der Waals surface area contributed by atoms with Crippen LogP contribution < -0.4 is 0 Å². The van der Waals surface area contributed by atoms with E-state index < -0.39 is 0 Å². The van der Waals surface area contributed by atoms with Gasteiger partial charge in [0.05, 0.1) is 6.61 Å². The van der Waals surface area contributed by atoms with Crippen molar-refractivity contribution in [3.05, 3.63) is 0 Å². The summed E-state index contributed by atoms with van der Waals surface area (Å²) in [7, 11) is 3.33. The van der Waals surface area contributed by atoms with Crippen LogP contribution >= 0.6 is 15.9 Å². The molecule has 0 spiro atoms. The van der Waals surface area contributed by atoms with E-state index in [0.717, 1.165) is 11.8 Å². The summed E-state index contributed by atoms with van der Waals surface area (Å²) in [5, 5.41) is 0.869. The molecule has 0 aliphatic carbocycles. The van der Waals surface area contributed by atoms with Gasteiger partial charge in [-0.2, -0.15) is 0 Å². The second-order valence-electron chi connectivity index (χ2n) is 2.05. The summed E-state index contributed by atoms with van der Waals surface area (Å²) >= 11 is 3.23. The molecule has 0 aromatic rings. The smallest absolute Gasteiger partial charge is 0.409 e. The third-order valence-corrected chi connectivity index (χ3v) is 1.43. The number of halogens is 1. The zero-order chi connectivity index (χ0) is 7.98. The third kappa shape index (κ3) is 4.61. The first kappa shape index (κ1) is 9.75. The quantitative estimate of drug-likeness (QED) is 0.521. The molecule has 0 unspecified atom stereocenters. The van der Waals surface area contributed by atoms with Crippen molar-refractivity contribution in [2.75, 3.05) is 26.0 Å². The molecule has 0 aromatic heterocycles. The Hall–Kier alpha value is -0.250. The van der Waals surface area contributed by atoms with Gasteiger partial charge in [-0.15, -0.1) is 0 Å². The van der Waals surface area contributed by atoms with Gasteiger partial charge in [-0.3, -0.25) is 0 Å². The van der Waals surface area contributed by atoms with Crippen molar-refractivity contribution in [1.82, 2.24) is 4.90 Å². The minimum absolute atomic E-state index is 0.277. The van der Waals surface area contributed by atoms with E-state index in [1.54, 1.807) is 14.1 Å². The van der Waals surface area contributed by atoms with Crippen LogP contribution in [0.5, 0.6) is 0 Å². The van der Waals surface area contributed by atoms with Crippen molar-refractivity contribution >= 4 is 22.0 Å². The van der Waals surface area contributed by atoms with Crippen LogP contribution in [0.15, 0.2) is 0 Å². The van der Waals surface area contributed by atoms with E-state index in [-0.39, 0.29) is 6.09 Å². The molecular formula is C6H12BrNO2. The molecule has 0 saturated heterocycles. The van der Waals surface area contributed by atoms with Crippen LogP contribution in [0.1, 0.15) is 6.42 Å². The van der Waals surface area contributed by atoms with E-state index in [4.69, 9.17) is 4.74 Å². The van der Waals surface area contributed by atoms with Crippen LogP contribution in [0.2, 0.25) is 0 Å². The molecule has 1 amide bonds. The van der Waals surface area contributed by atoms with Crippen molar-refractivity contribution in [2.45, 2.75) is 6.42 Å². The Labute approximate surface area is 69.5 Å². The summed E-state index contributed by atoms with van der Waals surface area (Å²) in [5.74, 6) is 0. The van der Waals surface area contributed by atoms with E-state index >= 15 is 0 Å². The zero-order valence-corrected chi connectivity index (χ0v) is 7.85. The first-order chi connectivity index (χ1) is 4.68. The van der Waals surface area contributed by atoms with Gasteiger partial charge in [0, 0.05) is 19.4 Å². The summed E-state index contributed by atoms with van der Waals surface area (Å²) in [5.41, 5.74) is 0. The molecule has 4 heteroatoms. The molecule has 0 N–H and O–H groups in total. The second-order valence-corrected chi connectivity index (χ2v) is 2.84. The first-order valence-corrected chi connectivity index (χ1v) is 4.20. The maximum Gasteiger partial charge on any atom is 0.409 e. The lowest BCUT2D eigenvalue weighted by Crippen LogP contribution is -2.23. The van der Waals surface area contributed by atoms with Crippen molar-refractivity contribution in [3.63, 3.8) is 0 Å². The molecule has 0 bridgehead atoms. The number of hydrogen-bond donors (Lipinski definition) is 0. The number of ether oxygens (including phenoxy) is 1. The van der Waals surface area contributed by atoms with E-state index in [1.165, 1.54) is 4.90 Å². The summed E-state index contributed by atoms with van der Waals surface area (Å²) in [4.78, 5) is 12.1. The summed E-state index contributed by atoms with van der Waals surface area (Å²) in [6.45, 7) is 0.488. The number of nitrogens with zero attached hydrogens (tertiary/aromatic N) is 1. The fourth-order valence-electron chi connectivity index (χ4n) is 0.343. The van der Waals surface area contributed by atoms with Crippen molar-refractivity contribution in [3.8, 4) is 0 Å². The van der Waals surface area contributed by atoms with Gasteiger partial charge in [-0.25, -0.2) is 4.79 Å². The van der Waals surface area contributed by atoms with E-state index in [1.807, 2.05) is 0 Å². The lowest BCUT2D eigenvalue weighted by Gasteiger charge is -2.09. The average molecular weight is 210 g/mol. The van der Waals surface area contributed by atoms with Crippen molar-refractivity contribution in [2.24, 2.45) is 0 Å². The van der Waals surface area contributed by atoms with Gasteiger partial charge in [-0.05, 0) is 6.42 Å². The van der Waals surface area contributed by atoms with Gasteiger partial charge in [0.2, 0.25) is 0 Å². The van der Waals surface area contributed by atoms with Crippen LogP contribution in [0, 0.1) is 0 Å². The molecular weight excluding hydrogens is 198 g/mol. The Balaban J connectivity index is 3.22. The minimum atomic E-state index is -0.277. The number of amides is 1. The maximum absolute atomic E-state index is 10.7. The van der Waals surface area contributed by atoms with Gasteiger partial charge >= 0.3 is 6.09 Å². The monoisotopic (exact) mass is 209 g/mol. The van der Waals surface area contributed by atoms with E-state index in [9.17, 15) is 4.79 Å². The molecule has 0 heterocycles. The van der Waals surface area contributed by atoms with Crippen LogP contribution in [-0.2, 0) is 4.74 Å². The Morgan fingerprint density at radius 3 is 2.60 bits per heavy atom. The van der Waals surface area contributed by atoms with Gasteiger partial charge < -0.3 is 9.64 Å². The largest absolute Gasteiger partial charge is 0.449 e. The Morgan fingerprint density at radius 2 is 2.20 bits per heavy atom. The molecule has 3 nitrogen and oxygen atoms in total. The molecule has 0 saturated carbocycles. The predicted molar refractivity (Wildman–Crippen MR) is 43.4 cm³/mol. The summed E-state index contributed by atoms with van der Waals surface area (Å²) < 4.78 is 4.80. The maximum atomic E-state index is 10.7. The Kier molecular flexibility index (Phi) is 5.39. The topological polar surface area (TPSA) is 29.5 Å². The standard InChI is InChI=1S/C6H12BrNO2/c1-8(2)6(9)10-5-3-4-7/h3-5H2,1-2H3. The molecule has 0 fully saturated rings. The second kappa shape index (κ2) is 5.53. The lowest BCUT2D eigenvalue weighted by atomic mass is 10.5. The van der Waals surface area contributed by atoms with Crippen LogP contribution in [-0.4, -0.2) is 37.0 Å². The minimum Gasteiger partial charge on any atom is -0.449 e. The lowest BCUT2D eigenvalue weighted by molar-refractivity contribution is 0.119. The fourth-order valence-corrected chi connectivity index (χ4v) is 0.572. The predicted octanol–water partition coefficient (Wildman–Crippen LogP) is 1.47. The summed E-state index contributed by atoms with van der Waals surface area (Å²) in [6, 6.07) is 0. The van der Waals surface area contributed by atoms with Crippen LogP contribution in [0.25, 0.3) is 0 Å². The SMILES string of the molecule is CN(C)C(=O)OCCCBr. The highest BCUT2D eigenvalue weighted by Gasteiger charge is 2.01. The highest BCUT2D eigenvalue weighted by molar-refractivity contribution is 9.09. The normalized spacial score (nSPS) is 9.10. The fraction of sp³-hybridized carbons (Fsp3) is 0.833. The van der Waals surface area contributed by atoms with Gasteiger partial charge in [0.15, 0.2) is 0 Å². The zero-order valence-electron chi connectivity index (χ0n) is 6.26. The van der Waals surface area contributed by atoms with Crippen LogP contribution in [0.4, 0.5) is 4.79 Å². The van der Waals surface area contributed by atoms with E-state index in [0.29, 0.717) is 6.61 Å². The molecule has 0 aliphatic rings. The number of carbonyl (C=O) groups excluding carboxylic acids is 1. The van der Waals surface area contributed by atoms with Crippen molar-refractivity contribution < 1.29 is 9.53 Å². The molecule has 60 valence electrons. The molecule has 0 aliphatic heterocycles. The van der Waals surface area contributed by atoms with Crippen LogP contribution in [0.3, 0.4) is 0 Å². The van der Waals surface area contributed by atoms with Crippen molar-refractivity contribution in [1.29, 1.82) is 0 Å². The average Bonchev–Trinajstić information content (AvgIpc) is 1.88. The van der Waals surface area contributed by atoms with Gasteiger partial charge in [0.25, 0.3) is 0 Å². The number of carbonyl (C=O) groups is 1. The molecule has 0 rings (SSSR count). The molecule has 0 atom stereocenters. The highest BCUT2D eigenvalue weighted by Crippen LogP contribution is 1.91. The van der Waals surface area contributed by atoms with Gasteiger partial charge in [-0.1, -0.05) is 15.9 Å². The number of rotatable bonds is 3. The Bertz CT molecular complexity index is 106.